The Morgan fingerprint density at radius 1 is 1.14 bits per heavy atom. The van der Waals surface area contributed by atoms with Crippen molar-refractivity contribution in [2.75, 3.05) is 0 Å². The van der Waals surface area contributed by atoms with Crippen LogP contribution in [0.2, 0.25) is 0 Å². The summed E-state index contributed by atoms with van der Waals surface area (Å²) in [4.78, 5) is 11.2. The van der Waals surface area contributed by atoms with Gasteiger partial charge in [-0.05, 0) is 5.56 Å². The first kappa shape index (κ1) is 9.17. The lowest BCUT2D eigenvalue weighted by Gasteiger charge is -2.04. The number of rotatable bonds is 1. The predicted molar refractivity (Wildman–Crippen MR) is 49.4 cm³/mol. The standard InChI is InChI=1S/C8H8N2O3S/c11-8-7(9-14(12,13)10-8)6-4-2-1-3-5-6/h1-5,7,9H,(H,10,11). The van der Waals surface area contributed by atoms with Crippen LogP contribution in [0.5, 0.6) is 0 Å². The van der Waals surface area contributed by atoms with Gasteiger partial charge >= 0.3 is 10.2 Å². The molecule has 1 amide bonds. The van der Waals surface area contributed by atoms with Gasteiger partial charge in [0.1, 0.15) is 6.04 Å². The molecule has 0 aliphatic carbocycles. The Balaban J connectivity index is 2.35. The number of benzene rings is 1. The zero-order chi connectivity index (χ0) is 10.2. The molecule has 0 bridgehead atoms. The SMILES string of the molecule is O=C1NS(=O)(=O)NC1c1ccccc1. The second kappa shape index (κ2) is 3.07. The van der Waals surface area contributed by atoms with Crippen LogP contribution in [0.15, 0.2) is 30.3 Å². The highest BCUT2D eigenvalue weighted by atomic mass is 32.2. The minimum absolute atomic E-state index is 0.545. The summed E-state index contributed by atoms with van der Waals surface area (Å²) in [7, 11) is -3.64. The van der Waals surface area contributed by atoms with E-state index in [0.717, 1.165) is 0 Å². The lowest BCUT2D eigenvalue weighted by Crippen LogP contribution is -2.24. The van der Waals surface area contributed by atoms with Gasteiger partial charge < -0.3 is 0 Å². The Bertz CT molecular complexity index is 455. The largest absolute Gasteiger partial charge is 0.302 e. The summed E-state index contributed by atoms with van der Waals surface area (Å²) in [5, 5.41) is 0. The van der Waals surface area contributed by atoms with E-state index in [1.807, 2.05) is 4.72 Å². The van der Waals surface area contributed by atoms with Crippen LogP contribution in [-0.4, -0.2) is 14.3 Å². The molecule has 1 aliphatic heterocycles. The average molecular weight is 212 g/mol. The number of hydrogen-bond acceptors (Lipinski definition) is 3. The molecule has 6 heteroatoms. The Morgan fingerprint density at radius 2 is 1.79 bits per heavy atom. The third-order valence-electron chi connectivity index (χ3n) is 1.90. The molecule has 1 atom stereocenters. The minimum Gasteiger partial charge on any atom is -0.272 e. The molecule has 1 heterocycles. The van der Waals surface area contributed by atoms with Crippen LogP contribution in [0.4, 0.5) is 0 Å². The van der Waals surface area contributed by atoms with E-state index in [1.165, 1.54) is 0 Å². The van der Waals surface area contributed by atoms with E-state index in [9.17, 15) is 13.2 Å². The van der Waals surface area contributed by atoms with Crippen LogP contribution < -0.4 is 9.44 Å². The van der Waals surface area contributed by atoms with Gasteiger partial charge in [0.25, 0.3) is 5.91 Å². The molecule has 0 aromatic heterocycles. The average Bonchev–Trinajstić information content (AvgIpc) is 2.41. The van der Waals surface area contributed by atoms with E-state index >= 15 is 0 Å². The molecule has 2 N–H and O–H groups in total. The Morgan fingerprint density at radius 3 is 2.29 bits per heavy atom. The molecular weight excluding hydrogens is 204 g/mol. The van der Waals surface area contributed by atoms with Crippen molar-refractivity contribution in [3.63, 3.8) is 0 Å². The third kappa shape index (κ3) is 1.61. The van der Waals surface area contributed by atoms with Gasteiger partial charge in [-0.15, -0.1) is 0 Å². The van der Waals surface area contributed by atoms with Gasteiger partial charge in [0.15, 0.2) is 0 Å². The van der Waals surface area contributed by atoms with Crippen molar-refractivity contribution >= 4 is 16.1 Å². The van der Waals surface area contributed by atoms with Crippen molar-refractivity contribution in [3.05, 3.63) is 35.9 Å². The Labute approximate surface area is 81.3 Å². The lowest BCUT2D eigenvalue weighted by atomic mass is 10.1. The summed E-state index contributed by atoms with van der Waals surface area (Å²) < 4.78 is 26.0. The van der Waals surface area contributed by atoms with E-state index in [1.54, 1.807) is 30.3 Å². The molecule has 74 valence electrons. The maximum absolute atomic E-state index is 11.2. The highest BCUT2D eigenvalue weighted by molar-refractivity contribution is 7.88. The maximum atomic E-state index is 11.2. The number of hydrogen-bond donors (Lipinski definition) is 2. The smallest absolute Gasteiger partial charge is 0.272 e. The molecule has 1 aromatic rings. The first-order chi connectivity index (χ1) is 6.58. The molecule has 14 heavy (non-hydrogen) atoms. The van der Waals surface area contributed by atoms with Crippen molar-refractivity contribution in [1.82, 2.24) is 9.44 Å². The Hall–Kier alpha value is -1.40. The maximum Gasteiger partial charge on any atom is 0.302 e. The normalized spacial score (nSPS) is 24.6. The number of amides is 1. The third-order valence-corrected chi connectivity index (χ3v) is 2.92. The van der Waals surface area contributed by atoms with E-state index < -0.39 is 22.2 Å². The summed E-state index contributed by atoms with van der Waals surface area (Å²) in [5.41, 5.74) is 0.631. The second-order valence-electron chi connectivity index (χ2n) is 2.93. The van der Waals surface area contributed by atoms with Crippen LogP contribution in [0.25, 0.3) is 0 Å². The van der Waals surface area contributed by atoms with E-state index in [4.69, 9.17) is 0 Å². The number of carbonyl (C=O) groups excluding carboxylic acids is 1. The van der Waals surface area contributed by atoms with Gasteiger partial charge in [0.2, 0.25) is 0 Å². The van der Waals surface area contributed by atoms with Crippen LogP contribution in [0.3, 0.4) is 0 Å². The van der Waals surface area contributed by atoms with Gasteiger partial charge in [-0.3, -0.25) is 4.79 Å². The van der Waals surface area contributed by atoms with Crippen LogP contribution in [0, 0.1) is 0 Å². The fourth-order valence-electron chi connectivity index (χ4n) is 1.29. The van der Waals surface area contributed by atoms with Gasteiger partial charge in [-0.2, -0.15) is 13.1 Å². The monoisotopic (exact) mass is 212 g/mol. The van der Waals surface area contributed by atoms with Crippen LogP contribution in [-0.2, 0) is 15.0 Å². The molecule has 1 unspecified atom stereocenters. The first-order valence-electron chi connectivity index (χ1n) is 3.97. The molecule has 1 fully saturated rings. The molecular formula is C8H8N2O3S. The zero-order valence-electron chi connectivity index (χ0n) is 7.10. The van der Waals surface area contributed by atoms with Gasteiger partial charge in [-0.1, -0.05) is 30.3 Å². The minimum atomic E-state index is -3.64. The molecule has 0 radical (unpaired) electrons. The van der Waals surface area contributed by atoms with Gasteiger partial charge in [0.05, 0.1) is 0 Å². The molecule has 1 saturated heterocycles. The Kier molecular flexibility index (Phi) is 2.01. The quantitative estimate of drug-likeness (QED) is 0.670. The van der Waals surface area contributed by atoms with Crippen molar-refractivity contribution in [1.29, 1.82) is 0 Å². The molecule has 1 aromatic carbocycles. The van der Waals surface area contributed by atoms with Crippen molar-refractivity contribution in [2.45, 2.75) is 6.04 Å². The molecule has 0 saturated carbocycles. The summed E-state index contributed by atoms with van der Waals surface area (Å²) in [6.45, 7) is 0. The highest BCUT2D eigenvalue weighted by Crippen LogP contribution is 2.17. The zero-order valence-corrected chi connectivity index (χ0v) is 7.91. The lowest BCUT2D eigenvalue weighted by molar-refractivity contribution is -0.120. The van der Waals surface area contributed by atoms with E-state index in [-0.39, 0.29) is 0 Å². The number of carbonyl (C=O) groups is 1. The summed E-state index contributed by atoms with van der Waals surface area (Å²) in [6, 6.07) is 7.87. The second-order valence-corrected chi connectivity index (χ2v) is 4.38. The first-order valence-corrected chi connectivity index (χ1v) is 5.46. The fraction of sp³-hybridized carbons (Fsp3) is 0.125. The molecule has 2 rings (SSSR count). The van der Waals surface area contributed by atoms with Crippen molar-refractivity contribution < 1.29 is 13.2 Å². The molecule has 5 nitrogen and oxygen atoms in total. The number of nitrogens with one attached hydrogen (secondary N) is 2. The van der Waals surface area contributed by atoms with Crippen LogP contribution in [0.1, 0.15) is 11.6 Å². The summed E-state index contributed by atoms with van der Waals surface area (Å²) in [6.07, 6.45) is 0. The molecule has 0 spiro atoms. The topological polar surface area (TPSA) is 75.3 Å². The van der Waals surface area contributed by atoms with E-state index in [2.05, 4.69) is 4.72 Å². The van der Waals surface area contributed by atoms with Gasteiger partial charge in [0, 0.05) is 0 Å². The summed E-state index contributed by atoms with van der Waals surface area (Å²) in [5.74, 6) is -0.545. The van der Waals surface area contributed by atoms with E-state index in [0.29, 0.717) is 5.56 Å². The fourth-order valence-corrected chi connectivity index (χ4v) is 2.29. The predicted octanol–water partition coefficient (Wildman–Crippen LogP) is -0.308. The van der Waals surface area contributed by atoms with Gasteiger partial charge in [-0.25, -0.2) is 4.72 Å². The highest BCUT2D eigenvalue weighted by Gasteiger charge is 2.35. The van der Waals surface area contributed by atoms with Crippen molar-refractivity contribution in [2.24, 2.45) is 0 Å². The summed E-state index contributed by atoms with van der Waals surface area (Å²) >= 11 is 0. The molecule has 1 aliphatic rings. The van der Waals surface area contributed by atoms with Crippen LogP contribution >= 0.6 is 0 Å². The van der Waals surface area contributed by atoms with Crippen molar-refractivity contribution in [3.8, 4) is 0 Å².